The van der Waals surface area contributed by atoms with Crippen molar-refractivity contribution in [3.63, 3.8) is 0 Å². The maximum absolute atomic E-state index is 14.3. The van der Waals surface area contributed by atoms with E-state index >= 15 is 0 Å². The molecule has 2 saturated heterocycles. The van der Waals surface area contributed by atoms with E-state index in [-0.39, 0.29) is 31.4 Å². The fourth-order valence-corrected chi connectivity index (χ4v) is 8.61. The first-order valence-electron chi connectivity index (χ1n) is 20.6. The summed E-state index contributed by atoms with van der Waals surface area (Å²) in [6.45, 7) is 15.5. The lowest BCUT2D eigenvalue weighted by Crippen LogP contribution is -2.60. The number of carbonyl (C=O) groups is 2. The van der Waals surface area contributed by atoms with E-state index in [1.54, 1.807) is 46.8 Å². The molecule has 0 radical (unpaired) electrons. The summed E-state index contributed by atoms with van der Waals surface area (Å²) in [6.07, 6.45) is -5.37. The van der Waals surface area contributed by atoms with Gasteiger partial charge in [-0.2, -0.15) is 10.2 Å². The number of benzene rings is 1. The molecular formula is C44H66FN3O11. The van der Waals surface area contributed by atoms with Crippen LogP contribution in [0.4, 0.5) is 4.39 Å². The predicted octanol–water partition coefficient (Wildman–Crippen LogP) is 5.34. The number of aliphatic hydroxyl groups is 3. The fraction of sp³-hybridized carbons (Fsp3) is 0.682. The monoisotopic (exact) mass is 831 g/mol. The first-order valence-corrected chi connectivity index (χ1v) is 20.6. The molecule has 2 fully saturated rings. The van der Waals surface area contributed by atoms with E-state index in [9.17, 15) is 29.3 Å². The van der Waals surface area contributed by atoms with Crippen LogP contribution in [0.2, 0.25) is 0 Å². The topological polar surface area (TPSA) is 182 Å². The summed E-state index contributed by atoms with van der Waals surface area (Å²) in [5.74, 6) is -4.79. The van der Waals surface area contributed by atoms with Crippen molar-refractivity contribution in [2.24, 2.45) is 33.9 Å². The third-order valence-corrected chi connectivity index (χ3v) is 12.2. The second kappa shape index (κ2) is 20.3. The zero-order valence-electron chi connectivity index (χ0n) is 36.6. The smallest absolute Gasteiger partial charge is 0.312 e. The Balaban J connectivity index is 1.91. The maximum atomic E-state index is 14.3. The molecule has 2 aliphatic rings. The highest BCUT2D eigenvalue weighted by atomic mass is 19.1. The van der Waals surface area contributed by atoms with Crippen molar-refractivity contribution in [1.82, 2.24) is 4.90 Å². The number of cyclic esters (lactones) is 1. The Labute approximate surface area is 348 Å². The Kier molecular flexibility index (Phi) is 16.6. The number of rotatable bonds is 10. The van der Waals surface area contributed by atoms with Crippen LogP contribution in [-0.2, 0) is 39.7 Å². The third-order valence-electron chi connectivity index (χ3n) is 12.2. The molecule has 14 atom stereocenters. The van der Waals surface area contributed by atoms with E-state index in [0.717, 1.165) is 0 Å². The number of furan rings is 1. The summed E-state index contributed by atoms with van der Waals surface area (Å²) < 4.78 is 51.0. The fourth-order valence-electron chi connectivity index (χ4n) is 8.61. The second-order valence-electron chi connectivity index (χ2n) is 17.1. The number of likely N-dealkylation sites (N-methyl/N-ethyl adjacent to an activating group) is 1. The van der Waals surface area contributed by atoms with Crippen LogP contribution in [0.15, 0.2) is 57.3 Å². The van der Waals surface area contributed by atoms with Gasteiger partial charge in [-0.3, -0.25) is 9.59 Å². The number of hydrogen-bond donors (Lipinski definition) is 3. The lowest BCUT2D eigenvalue weighted by Gasteiger charge is -2.48. The number of aliphatic hydroxyl groups excluding tert-OH is 2. The molecule has 3 N–H and O–H groups in total. The van der Waals surface area contributed by atoms with Crippen molar-refractivity contribution < 1.29 is 57.4 Å². The molecule has 0 bridgehead atoms. The number of ether oxygens (including phenoxy) is 5. The van der Waals surface area contributed by atoms with Crippen molar-refractivity contribution in [2.45, 2.75) is 148 Å². The molecule has 0 spiro atoms. The van der Waals surface area contributed by atoms with Gasteiger partial charge in [-0.15, -0.1) is 0 Å². The normalized spacial score (nSPS) is 37.5. The van der Waals surface area contributed by atoms with Crippen molar-refractivity contribution >= 4 is 23.4 Å². The van der Waals surface area contributed by atoms with Gasteiger partial charge >= 0.3 is 11.9 Å². The van der Waals surface area contributed by atoms with Gasteiger partial charge in [-0.05, 0) is 104 Å². The van der Waals surface area contributed by atoms with Crippen molar-refractivity contribution in [1.29, 1.82) is 0 Å². The molecule has 4 rings (SSSR count). The van der Waals surface area contributed by atoms with E-state index in [4.69, 9.17) is 28.1 Å². The standard InChI is InChI=1S/C44H66FN3O11/c1-13-34-44(9,53)39(51)26(4)36(47-46-29(7)33-15-14-20-55-33)24(2)23-43(8,54-12)40(59-42-37(50)32(48(10)11)21-25(3)56-42)27(5)38(28(6)41(52)57-34)58-35(49)22-30-16-18-31(45)19-17-30/h14-20,24-28,32,34,37-40,42,50-51,53H,13,21-23H2,1-12H3/b46-29+,47-36+/t24-,25?,26+,27+,28-,32?,34-,37?,38+,39-,40-,42?,43-,44-/m1/s1. The minimum Gasteiger partial charge on any atom is -0.463 e. The van der Waals surface area contributed by atoms with Crippen LogP contribution < -0.4 is 0 Å². The molecule has 4 unspecified atom stereocenters. The Morgan fingerprint density at radius 3 is 2.29 bits per heavy atom. The van der Waals surface area contributed by atoms with Gasteiger partial charge in [0, 0.05) is 30.7 Å². The molecule has 2 aliphatic heterocycles. The molecule has 0 saturated carbocycles. The zero-order valence-corrected chi connectivity index (χ0v) is 36.6. The highest BCUT2D eigenvalue weighted by molar-refractivity contribution is 5.97. The third kappa shape index (κ3) is 11.4. The zero-order chi connectivity index (χ0) is 44.0. The predicted molar refractivity (Wildman–Crippen MR) is 219 cm³/mol. The number of esters is 2. The number of carbonyl (C=O) groups excluding carboxylic acids is 2. The Morgan fingerprint density at radius 2 is 1.71 bits per heavy atom. The molecule has 2 aromatic rings. The van der Waals surface area contributed by atoms with Crippen LogP contribution in [0.1, 0.15) is 92.9 Å². The van der Waals surface area contributed by atoms with E-state index < -0.39 is 89.4 Å². The van der Waals surface area contributed by atoms with E-state index in [1.807, 2.05) is 39.8 Å². The van der Waals surface area contributed by atoms with Gasteiger partial charge in [0.05, 0.1) is 42.5 Å². The highest BCUT2D eigenvalue weighted by Gasteiger charge is 2.52. The molecule has 1 aromatic carbocycles. The maximum Gasteiger partial charge on any atom is 0.312 e. The largest absolute Gasteiger partial charge is 0.463 e. The summed E-state index contributed by atoms with van der Waals surface area (Å²) >= 11 is 0. The lowest BCUT2D eigenvalue weighted by molar-refractivity contribution is -0.301. The van der Waals surface area contributed by atoms with E-state index in [0.29, 0.717) is 29.2 Å². The summed E-state index contributed by atoms with van der Waals surface area (Å²) in [5.41, 5.74) is -1.89. The van der Waals surface area contributed by atoms with Crippen molar-refractivity contribution in [3.8, 4) is 0 Å². The van der Waals surface area contributed by atoms with Gasteiger partial charge in [0.1, 0.15) is 41.2 Å². The lowest BCUT2D eigenvalue weighted by atomic mass is 9.73. The van der Waals surface area contributed by atoms with Crippen LogP contribution in [-0.4, -0.2) is 125 Å². The van der Waals surface area contributed by atoms with Crippen LogP contribution in [0.25, 0.3) is 0 Å². The molecule has 14 nitrogen and oxygen atoms in total. The minimum absolute atomic E-state index is 0.132. The second-order valence-corrected chi connectivity index (χ2v) is 17.1. The molecule has 15 heteroatoms. The number of halogens is 1. The average Bonchev–Trinajstić information content (AvgIpc) is 3.74. The van der Waals surface area contributed by atoms with Gasteiger partial charge < -0.3 is 48.3 Å². The molecule has 3 heterocycles. The van der Waals surface area contributed by atoms with Gasteiger partial charge in [0.25, 0.3) is 0 Å². The van der Waals surface area contributed by atoms with Gasteiger partial charge in [0.15, 0.2) is 6.29 Å². The van der Waals surface area contributed by atoms with Gasteiger partial charge in [-0.1, -0.05) is 39.8 Å². The molecule has 0 aliphatic carbocycles. The minimum atomic E-state index is -1.97. The molecule has 1 aromatic heterocycles. The summed E-state index contributed by atoms with van der Waals surface area (Å²) in [5, 5.41) is 44.9. The molecular weight excluding hydrogens is 765 g/mol. The Bertz CT molecular complexity index is 1740. The molecule has 0 amide bonds. The SMILES string of the molecule is CC[C@H]1OC(=O)[C@H](C)[C@@H](OC(=O)Cc2ccc(F)cc2)[C@H](C)[C@@H](OC2OC(C)CC(N(C)C)C2O)[C@](C)(OC)C[C@@H](C)/C(=N\N=C(/C)c2ccco2)[C@H](C)[C@@H](O)[C@]1(C)O. The van der Waals surface area contributed by atoms with Crippen molar-refractivity contribution in [2.75, 3.05) is 21.2 Å². The van der Waals surface area contributed by atoms with Crippen LogP contribution in [0.5, 0.6) is 0 Å². The highest BCUT2D eigenvalue weighted by Crippen LogP contribution is 2.40. The van der Waals surface area contributed by atoms with Crippen LogP contribution in [0.3, 0.4) is 0 Å². The Morgan fingerprint density at radius 1 is 1.05 bits per heavy atom. The summed E-state index contributed by atoms with van der Waals surface area (Å²) in [7, 11) is 5.25. The van der Waals surface area contributed by atoms with Gasteiger partial charge in [-0.25, -0.2) is 4.39 Å². The van der Waals surface area contributed by atoms with Crippen molar-refractivity contribution in [3.05, 3.63) is 59.8 Å². The van der Waals surface area contributed by atoms with Crippen LogP contribution >= 0.6 is 0 Å². The number of nitrogens with zero attached hydrogens (tertiary/aromatic N) is 3. The molecule has 59 heavy (non-hydrogen) atoms. The summed E-state index contributed by atoms with van der Waals surface area (Å²) in [4.78, 5) is 29.9. The van der Waals surface area contributed by atoms with E-state index in [2.05, 4.69) is 10.2 Å². The van der Waals surface area contributed by atoms with Crippen LogP contribution in [0, 0.1) is 29.5 Å². The summed E-state index contributed by atoms with van der Waals surface area (Å²) in [6, 6.07) is 8.60. The number of hydrogen-bond acceptors (Lipinski definition) is 14. The molecule has 330 valence electrons. The Hall–Kier alpha value is -3.57. The number of methoxy groups -OCH3 is 1. The quantitative estimate of drug-likeness (QED) is 0.159. The first kappa shape index (κ1) is 48.1. The average molecular weight is 832 g/mol. The first-order chi connectivity index (χ1) is 27.6. The van der Waals surface area contributed by atoms with E-state index in [1.165, 1.54) is 44.6 Å². The van der Waals surface area contributed by atoms with Gasteiger partial charge in [0.2, 0.25) is 0 Å².